The van der Waals surface area contributed by atoms with Crippen molar-refractivity contribution in [1.29, 1.82) is 0 Å². The summed E-state index contributed by atoms with van der Waals surface area (Å²) in [6, 6.07) is 0. The van der Waals surface area contributed by atoms with Gasteiger partial charge in [0.05, 0.1) is 0 Å². The number of hydrogen-bond donors (Lipinski definition) is 1. The summed E-state index contributed by atoms with van der Waals surface area (Å²) in [6.07, 6.45) is 2.77. The Labute approximate surface area is 130 Å². The smallest absolute Gasteiger partial charge is 0.331 e. The third-order valence-corrected chi connectivity index (χ3v) is 5.28. The molecular formula is C17H22O5. The van der Waals surface area contributed by atoms with Crippen LogP contribution in [0.25, 0.3) is 0 Å². The lowest BCUT2D eigenvalue weighted by molar-refractivity contribution is -0.158. The van der Waals surface area contributed by atoms with Crippen molar-refractivity contribution in [3.63, 3.8) is 0 Å². The Morgan fingerprint density at radius 2 is 2.09 bits per heavy atom. The fourth-order valence-electron chi connectivity index (χ4n) is 3.72. The summed E-state index contributed by atoms with van der Waals surface area (Å²) >= 11 is 0. The van der Waals surface area contributed by atoms with Crippen LogP contribution < -0.4 is 0 Å². The number of carboxylic acids is 1. The Kier molecular flexibility index (Phi) is 4.27. The summed E-state index contributed by atoms with van der Waals surface area (Å²) in [5.41, 5.74) is 0.895. The van der Waals surface area contributed by atoms with Crippen LogP contribution in [0, 0.1) is 17.3 Å². The molecule has 0 radical (unpaired) electrons. The molecule has 0 aliphatic heterocycles. The zero-order valence-electron chi connectivity index (χ0n) is 13.2. The molecule has 0 saturated heterocycles. The van der Waals surface area contributed by atoms with Crippen LogP contribution >= 0.6 is 0 Å². The Morgan fingerprint density at radius 1 is 1.45 bits per heavy atom. The molecule has 4 atom stereocenters. The van der Waals surface area contributed by atoms with E-state index in [1.54, 1.807) is 6.08 Å². The van der Waals surface area contributed by atoms with Crippen LogP contribution in [-0.2, 0) is 19.1 Å². The minimum absolute atomic E-state index is 0.117. The van der Waals surface area contributed by atoms with Crippen LogP contribution in [-0.4, -0.2) is 28.9 Å². The predicted octanol–water partition coefficient (Wildman–Crippen LogP) is 2.51. The second-order valence-electron chi connectivity index (χ2n) is 6.58. The number of rotatable bonds is 3. The first-order chi connectivity index (χ1) is 10.2. The number of fused-ring (bicyclic) bond motifs is 1. The highest BCUT2D eigenvalue weighted by Gasteiger charge is 2.50. The van der Waals surface area contributed by atoms with Gasteiger partial charge in [-0.05, 0) is 36.7 Å². The number of carbonyl (C=O) groups excluding carboxylic acids is 2. The Bertz CT molecular complexity index is 574. The van der Waals surface area contributed by atoms with Gasteiger partial charge in [0, 0.05) is 18.4 Å². The molecule has 22 heavy (non-hydrogen) atoms. The molecule has 0 amide bonds. The van der Waals surface area contributed by atoms with Gasteiger partial charge in [-0.2, -0.15) is 0 Å². The maximum absolute atomic E-state index is 12.2. The van der Waals surface area contributed by atoms with Gasteiger partial charge in [-0.1, -0.05) is 26.0 Å². The molecule has 0 aromatic rings. The predicted molar refractivity (Wildman–Crippen MR) is 80.0 cm³/mol. The SMILES string of the molecule is C=C(C(=O)O)[C@@H]1CCC2=CC(=O)[C@H](OC(C)=O)[C@H](C)[C@@]2(C)C1. The van der Waals surface area contributed by atoms with Crippen molar-refractivity contribution in [1.82, 2.24) is 0 Å². The van der Waals surface area contributed by atoms with E-state index in [0.29, 0.717) is 19.3 Å². The van der Waals surface area contributed by atoms with E-state index in [1.807, 2.05) is 13.8 Å². The zero-order valence-corrected chi connectivity index (χ0v) is 13.2. The van der Waals surface area contributed by atoms with Crippen LogP contribution in [0.3, 0.4) is 0 Å². The minimum Gasteiger partial charge on any atom is -0.478 e. The third-order valence-electron chi connectivity index (χ3n) is 5.28. The van der Waals surface area contributed by atoms with Crippen molar-refractivity contribution >= 4 is 17.7 Å². The number of esters is 1. The van der Waals surface area contributed by atoms with E-state index in [-0.39, 0.29) is 28.6 Å². The maximum atomic E-state index is 12.2. The highest BCUT2D eigenvalue weighted by atomic mass is 16.5. The van der Waals surface area contributed by atoms with Gasteiger partial charge in [0.15, 0.2) is 11.9 Å². The average Bonchev–Trinajstić information content (AvgIpc) is 2.43. The lowest BCUT2D eigenvalue weighted by atomic mass is 9.56. The van der Waals surface area contributed by atoms with Gasteiger partial charge in [-0.25, -0.2) is 4.79 Å². The second kappa shape index (κ2) is 5.71. The molecule has 1 fully saturated rings. The summed E-state index contributed by atoms with van der Waals surface area (Å²) in [5.74, 6) is -1.93. The minimum atomic E-state index is -0.975. The van der Waals surface area contributed by atoms with E-state index in [1.165, 1.54) is 6.92 Å². The Balaban J connectivity index is 2.32. The van der Waals surface area contributed by atoms with Crippen molar-refractivity contribution in [3.8, 4) is 0 Å². The van der Waals surface area contributed by atoms with Gasteiger partial charge in [-0.15, -0.1) is 0 Å². The first kappa shape index (κ1) is 16.5. The van der Waals surface area contributed by atoms with Crippen molar-refractivity contribution in [3.05, 3.63) is 23.8 Å². The first-order valence-electron chi connectivity index (χ1n) is 7.51. The number of ether oxygens (including phenoxy) is 1. The van der Waals surface area contributed by atoms with Crippen LogP contribution in [0.2, 0.25) is 0 Å². The van der Waals surface area contributed by atoms with E-state index in [9.17, 15) is 14.4 Å². The molecule has 2 aliphatic carbocycles. The van der Waals surface area contributed by atoms with Crippen LogP contribution in [0.5, 0.6) is 0 Å². The molecule has 5 heteroatoms. The molecule has 0 bridgehead atoms. The van der Waals surface area contributed by atoms with E-state index >= 15 is 0 Å². The number of aliphatic carboxylic acids is 1. The zero-order chi connectivity index (χ0) is 16.7. The quantitative estimate of drug-likeness (QED) is 0.640. The molecule has 0 spiro atoms. The monoisotopic (exact) mass is 306 g/mol. The number of hydrogen-bond acceptors (Lipinski definition) is 4. The molecule has 5 nitrogen and oxygen atoms in total. The van der Waals surface area contributed by atoms with Crippen molar-refractivity contribution in [2.24, 2.45) is 17.3 Å². The lowest BCUT2D eigenvalue weighted by Gasteiger charge is -2.48. The molecule has 0 heterocycles. The number of ketones is 1. The first-order valence-corrected chi connectivity index (χ1v) is 7.51. The number of carboxylic acid groups (broad SMARTS) is 1. The summed E-state index contributed by atoms with van der Waals surface area (Å²) in [4.78, 5) is 34.6. The molecule has 0 aromatic heterocycles. The van der Waals surface area contributed by atoms with Gasteiger partial charge in [0.25, 0.3) is 0 Å². The second-order valence-corrected chi connectivity index (χ2v) is 6.58. The molecule has 120 valence electrons. The fourth-order valence-corrected chi connectivity index (χ4v) is 3.72. The highest BCUT2D eigenvalue weighted by Crippen LogP contribution is 2.53. The van der Waals surface area contributed by atoms with Gasteiger partial charge in [-0.3, -0.25) is 9.59 Å². The number of allylic oxidation sites excluding steroid dienone is 1. The molecule has 2 rings (SSSR count). The summed E-state index contributed by atoms with van der Waals surface area (Å²) < 4.78 is 5.20. The van der Waals surface area contributed by atoms with E-state index in [0.717, 1.165) is 5.57 Å². The molecule has 2 aliphatic rings. The summed E-state index contributed by atoms with van der Waals surface area (Å²) in [5, 5.41) is 9.16. The van der Waals surface area contributed by atoms with Crippen molar-refractivity contribution in [2.75, 3.05) is 0 Å². The van der Waals surface area contributed by atoms with E-state index in [2.05, 4.69) is 6.58 Å². The van der Waals surface area contributed by atoms with Crippen molar-refractivity contribution in [2.45, 2.75) is 46.1 Å². The molecule has 0 unspecified atom stereocenters. The maximum Gasteiger partial charge on any atom is 0.331 e. The molecule has 1 N–H and O–H groups in total. The van der Waals surface area contributed by atoms with Crippen LogP contribution in [0.1, 0.15) is 40.0 Å². The lowest BCUT2D eigenvalue weighted by Crippen LogP contribution is -2.48. The normalized spacial score (nSPS) is 34.4. The van der Waals surface area contributed by atoms with Crippen molar-refractivity contribution < 1.29 is 24.2 Å². The van der Waals surface area contributed by atoms with Gasteiger partial charge in [0.1, 0.15) is 0 Å². The standard InChI is InChI=1S/C17H22O5/c1-9(16(20)21)12-5-6-13-7-14(19)15(22-11(3)18)10(2)17(13,4)8-12/h7,10,12,15H,1,5-6,8H2,2-4H3,(H,20,21)/t10-,12+,15+,17+/m0/s1. The van der Waals surface area contributed by atoms with Gasteiger partial charge >= 0.3 is 11.9 Å². The van der Waals surface area contributed by atoms with Crippen LogP contribution in [0.15, 0.2) is 23.8 Å². The third kappa shape index (κ3) is 2.72. The topological polar surface area (TPSA) is 80.7 Å². The summed E-state index contributed by atoms with van der Waals surface area (Å²) in [7, 11) is 0. The van der Waals surface area contributed by atoms with Gasteiger partial charge in [0.2, 0.25) is 0 Å². The van der Waals surface area contributed by atoms with Crippen LogP contribution in [0.4, 0.5) is 0 Å². The number of carbonyl (C=O) groups is 3. The fraction of sp³-hybridized carbons (Fsp3) is 0.588. The molecule has 0 aromatic carbocycles. The molecular weight excluding hydrogens is 284 g/mol. The Morgan fingerprint density at radius 3 is 2.64 bits per heavy atom. The summed E-state index contributed by atoms with van der Waals surface area (Å²) in [6.45, 7) is 8.89. The Hall–Kier alpha value is -1.91. The van der Waals surface area contributed by atoms with E-state index in [4.69, 9.17) is 9.84 Å². The highest BCUT2D eigenvalue weighted by molar-refractivity contribution is 5.97. The van der Waals surface area contributed by atoms with E-state index < -0.39 is 18.0 Å². The largest absolute Gasteiger partial charge is 0.478 e. The average molecular weight is 306 g/mol. The van der Waals surface area contributed by atoms with Gasteiger partial charge < -0.3 is 9.84 Å². The molecule has 1 saturated carbocycles.